The van der Waals surface area contributed by atoms with Gasteiger partial charge in [-0.15, -0.1) is 0 Å². The number of methoxy groups -OCH3 is 1. The summed E-state index contributed by atoms with van der Waals surface area (Å²) in [7, 11) is 3.62. The van der Waals surface area contributed by atoms with Gasteiger partial charge in [-0.25, -0.2) is 14.8 Å². The van der Waals surface area contributed by atoms with Crippen LogP contribution < -0.4 is 20.5 Å². The van der Waals surface area contributed by atoms with Gasteiger partial charge in [0.15, 0.2) is 11.5 Å². The average Bonchev–Trinajstić information content (AvgIpc) is 2.97. The highest BCUT2D eigenvalue weighted by Gasteiger charge is 2.27. The molecule has 2 unspecified atom stereocenters. The lowest BCUT2D eigenvalue weighted by atomic mass is 10.0. The highest BCUT2D eigenvalue weighted by atomic mass is 16.6. The molecule has 0 aliphatic carbocycles. The zero-order chi connectivity index (χ0) is 26.0. The van der Waals surface area contributed by atoms with E-state index in [1.807, 2.05) is 32.9 Å². The SMILES string of the molecule is COc1cc2nc(C)nc(NC(C)c3cc(C)cc(N)c3)c2cc1OC(=O)N1CCCN(C)CC1C. The molecule has 2 heterocycles. The van der Waals surface area contributed by atoms with Crippen LogP contribution in [0.2, 0.25) is 0 Å². The van der Waals surface area contributed by atoms with Crippen molar-refractivity contribution in [1.82, 2.24) is 19.8 Å². The van der Waals surface area contributed by atoms with Gasteiger partial charge in [0.05, 0.1) is 18.7 Å². The Balaban J connectivity index is 1.67. The van der Waals surface area contributed by atoms with Crippen LogP contribution >= 0.6 is 0 Å². The number of carbonyl (C=O) groups is 1. The number of fused-ring (bicyclic) bond motifs is 1. The number of rotatable bonds is 5. The number of carbonyl (C=O) groups excluding carboxylic acids is 1. The first kappa shape index (κ1) is 25.5. The number of ether oxygens (including phenoxy) is 2. The molecule has 192 valence electrons. The molecule has 9 heteroatoms. The Morgan fingerprint density at radius 3 is 2.64 bits per heavy atom. The molecule has 2 aromatic carbocycles. The molecule has 3 aromatic rings. The third-order valence-corrected chi connectivity index (χ3v) is 6.55. The molecule has 3 N–H and O–H groups in total. The van der Waals surface area contributed by atoms with Crippen LogP contribution in [-0.4, -0.2) is 65.7 Å². The van der Waals surface area contributed by atoms with Gasteiger partial charge in [-0.05, 0) is 77.0 Å². The lowest BCUT2D eigenvalue weighted by molar-refractivity contribution is 0.134. The van der Waals surface area contributed by atoms with Crippen molar-refractivity contribution in [2.75, 3.05) is 44.8 Å². The zero-order valence-electron chi connectivity index (χ0n) is 22.0. The smallest absolute Gasteiger partial charge is 0.415 e. The van der Waals surface area contributed by atoms with Gasteiger partial charge in [-0.1, -0.05) is 6.07 Å². The van der Waals surface area contributed by atoms with E-state index < -0.39 is 0 Å². The molecule has 0 saturated carbocycles. The fourth-order valence-electron chi connectivity index (χ4n) is 4.78. The third-order valence-electron chi connectivity index (χ3n) is 6.55. The van der Waals surface area contributed by atoms with Crippen LogP contribution in [-0.2, 0) is 0 Å². The lowest BCUT2D eigenvalue weighted by Gasteiger charge is -2.27. The largest absolute Gasteiger partial charge is 0.493 e. The number of hydrogen-bond donors (Lipinski definition) is 2. The van der Waals surface area contributed by atoms with E-state index in [0.29, 0.717) is 35.2 Å². The normalized spacial score (nSPS) is 17.5. The van der Waals surface area contributed by atoms with E-state index >= 15 is 0 Å². The summed E-state index contributed by atoms with van der Waals surface area (Å²) in [5.41, 5.74) is 9.63. The number of nitrogens with two attached hydrogens (primary N) is 1. The summed E-state index contributed by atoms with van der Waals surface area (Å²) in [4.78, 5) is 26.4. The van der Waals surface area contributed by atoms with Crippen molar-refractivity contribution in [2.45, 2.75) is 46.2 Å². The van der Waals surface area contributed by atoms with E-state index in [1.165, 1.54) is 0 Å². The maximum atomic E-state index is 13.2. The van der Waals surface area contributed by atoms with Crippen molar-refractivity contribution in [3.05, 3.63) is 47.3 Å². The molecule has 1 aromatic heterocycles. The maximum absolute atomic E-state index is 13.2. The average molecular weight is 493 g/mol. The highest BCUT2D eigenvalue weighted by Crippen LogP contribution is 2.36. The first-order valence-electron chi connectivity index (χ1n) is 12.3. The fourth-order valence-corrected chi connectivity index (χ4v) is 4.78. The topological polar surface area (TPSA) is 106 Å². The van der Waals surface area contributed by atoms with Gasteiger partial charge in [0.2, 0.25) is 0 Å². The molecular formula is C27H36N6O3. The van der Waals surface area contributed by atoms with Gasteiger partial charge in [0.25, 0.3) is 0 Å². The molecule has 0 bridgehead atoms. The third kappa shape index (κ3) is 5.62. The number of nitrogens with zero attached hydrogens (tertiary/aromatic N) is 4. The molecule has 4 rings (SSSR count). The maximum Gasteiger partial charge on any atom is 0.415 e. The number of aromatic nitrogens is 2. The Kier molecular flexibility index (Phi) is 7.49. The van der Waals surface area contributed by atoms with Gasteiger partial charge >= 0.3 is 6.09 Å². The van der Waals surface area contributed by atoms with Gasteiger partial charge in [-0.2, -0.15) is 0 Å². The number of likely N-dealkylation sites (N-methyl/N-ethyl adjacent to an activating group) is 1. The van der Waals surface area contributed by atoms with Gasteiger partial charge in [0.1, 0.15) is 11.6 Å². The molecule has 36 heavy (non-hydrogen) atoms. The monoisotopic (exact) mass is 492 g/mol. The fraction of sp³-hybridized carbons (Fsp3) is 0.444. The van der Waals surface area contributed by atoms with Crippen molar-refractivity contribution in [2.24, 2.45) is 0 Å². The second kappa shape index (κ2) is 10.6. The number of benzene rings is 2. The first-order chi connectivity index (χ1) is 17.1. The van der Waals surface area contributed by atoms with Crippen LogP contribution in [0.15, 0.2) is 30.3 Å². The molecule has 9 nitrogen and oxygen atoms in total. The number of nitrogen functional groups attached to an aromatic ring is 1. The highest BCUT2D eigenvalue weighted by molar-refractivity contribution is 5.92. The minimum Gasteiger partial charge on any atom is -0.493 e. The molecular weight excluding hydrogens is 456 g/mol. The van der Waals surface area contributed by atoms with Crippen LogP contribution in [0.25, 0.3) is 10.9 Å². The van der Waals surface area contributed by atoms with Crippen molar-refractivity contribution in [1.29, 1.82) is 0 Å². The van der Waals surface area contributed by atoms with Crippen molar-refractivity contribution in [3.8, 4) is 11.5 Å². The van der Waals surface area contributed by atoms with Crippen molar-refractivity contribution >= 4 is 28.5 Å². The second-order valence-corrected chi connectivity index (χ2v) is 9.71. The van der Waals surface area contributed by atoms with Crippen LogP contribution in [0.1, 0.15) is 43.3 Å². The first-order valence-corrected chi connectivity index (χ1v) is 12.3. The number of nitrogens with one attached hydrogen (secondary N) is 1. The van der Waals surface area contributed by atoms with Gasteiger partial charge < -0.3 is 30.3 Å². The lowest BCUT2D eigenvalue weighted by Crippen LogP contribution is -2.43. The molecule has 2 atom stereocenters. The van der Waals surface area contributed by atoms with E-state index in [-0.39, 0.29) is 18.2 Å². The van der Waals surface area contributed by atoms with Crippen molar-refractivity contribution in [3.63, 3.8) is 0 Å². The number of amides is 1. The molecule has 1 fully saturated rings. The van der Waals surface area contributed by atoms with E-state index in [1.54, 1.807) is 24.1 Å². The second-order valence-electron chi connectivity index (χ2n) is 9.71. The van der Waals surface area contributed by atoms with Crippen molar-refractivity contribution < 1.29 is 14.3 Å². The van der Waals surface area contributed by atoms with Gasteiger partial charge in [-0.3, -0.25) is 0 Å². The van der Waals surface area contributed by atoms with E-state index in [9.17, 15) is 4.79 Å². The van der Waals surface area contributed by atoms with E-state index in [0.717, 1.165) is 41.7 Å². The number of anilines is 2. The van der Waals surface area contributed by atoms with E-state index in [4.69, 9.17) is 15.2 Å². The minimum absolute atomic E-state index is 0.0438. The Morgan fingerprint density at radius 2 is 1.92 bits per heavy atom. The summed E-state index contributed by atoms with van der Waals surface area (Å²) in [5, 5.41) is 4.23. The Morgan fingerprint density at radius 1 is 1.14 bits per heavy atom. The molecule has 1 amide bonds. The summed E-state index contributed by atoms with van der Waals surface area (Å²) in [5.74, 6) is 2.05. The summed E-state index contributed by atoms with van der Waals surface area (Å²) >= 11 is 0. The number of hydrogen-bond acceptors (Lipinski definition) is 8. The standard InChI is InChI=1S/C27H36N6O3/c1-16-10-20(12-21(28)11-16)18(3)29-26-22-13-25(24(35-6)14-23(22)30-19(4)31-26)36-27(34)33-9-7-8-32(5)15-17(33)2/h10-14,17-18H,7-9,15,28H2,1-6H3,(H,29,30,31). The quantitative estimate of drug-likeness (QED) is 0.500. The molecule has 0 spiro atoms. The zero-order valence-corrected chi connectivity index (χ0v) is 22.0. The number of aryl methyl sites for hydroxylation is 2. The Hall–Kier alpha value is -3.59. The molecule has 1 aliphatic rings. The molecule has 1 saturated heterocycles. The summed E-state index contributed by atoms with van der Waals surface area (Å²) in [6.45, 7) is 10.4. The molecule has 1 aliphatic heterocycles. The Labute approximate surface area is 212 Å². The predicted molar refractivity (Wildman–Crippen MR) is 143 cm³/mol. The van der Waals surface area contributed by atoms with Gasteiger partial charge in [0, 0.05) is 36.3 Å². The van der Waals surface area contributed by atoms with Crippen LogP contribution in [0, 0.1) is 13.8 Å². The Bertz CT molecular complexity index is 1240. The predicted octanol–water partition coefficient (Wildman–Crippen LogP) is 4.54. The minimum atomic E-state index is -0.387. The molecule has 0 radical (unpaired) electrons. The van der Waals surface area contributed by atoms with Crippen LogP contribution in [0.5, 0.6) is 11.5 Å². The van der Waals surface area contributed by atoms with Crippen LogP contribution in [0.3, 0.4) is 0 Å². The van der Waals surface area contributed by atoms with E-state index in [2.05, 4.69) is 40.2 Å². The van der Waals surface area contributed by atoms with Crippen LogP contribution in [0.4, 0.5) is 16.3 Å². The summed E-state index contributed by atoms with van der Waals surface area (Å²) < 4.78 is 11.5. The summed E-state index contributed by atoms with van der Waals surface area (Å²) in [6, 6.07) is 9.54. The summed E-state index contributed by atoms with van der Waals surface area (Å²) in [6.07, 6.45) is 0.509.